The van der Waals surface area contributed by atoms with E-state index in [9.17, 15) is 9.90 Å². The van der Waals surface area contributed by atoms with Crippen molar-refractivity contribution in [2.75, 3.05) is 13.2 Å². The third-order valence-corrected chi connectivity index (χ3v) is 4.54. The first-order valence-electron chi connectivity index (χ1n) is 6.41. The molecule has 2 aromatic rings. The zero-order chi connectivity index (χ0) is 14.1. The van der Waals surface area contributed by atoms with Crippen molar-refractivity contribution in [1.29, 1.82) is 0 Å². The van der Waals surface area contributed by atoms with Gasteiger partial charge in [0.2, 0.25) is 5.91 Å². The maximum atomic E-state index is 12.2. The Bertz CT molecular complexity index is 664. The predicted octanol–water partition coefficient (Wildman–Crippen LogP) is 2.05. The van der Waals surface area contributed by atoms with Crippen molar-refractivity contribution in [2.45, 2.75) is 18.9 Å². The first-order valence-corrected chi connectivity index (χ1v) is 7.67. The minimum atomic E-state index is -0.0946. The van der Waals surface area contributed by atoms with E-state index in [2.05, 4.69) is 4.98 Å². The quantitative estimate of drug-likeness (QED) is 0.883. The summed E-state index contributed by atoms with van der Waals surface area (Å²) >= 11 is 7.56. The monoisotopic (exact) mass is 311 g/mol. The van der Waals surface area contributed by atoms with Crippen LogP contribution in [0.3, 0.4) is 0 Å². The van der Waals surface area contributed by atoms with Crippen LogP contribution in [0, 0.1) is 0 Å². The Kier molecular flexibility index (Phi) is 3.78. The minimum Gasteiger partial charge on any atom is -0.394 e. The topological polar surface area (TPSA) is 57.8 Å². The fourth-order valence-electron chi connectivity index (χ4n) is 2.49. The summed E-state index contributed by atoms with van der Waals surface area (Å²) in [7, 11) is 0. The van der Waals surface area contributed by atoms with Crippen LogP contribution in [0.25, 0.3) is 11.0 Å². The largest absolute Gasteiger partial charge is 0.394 e. The number of likely N-dealkylation sites (tertiary alicyclic amines) is 1. The Morgan fingerprint density at radius 1 is 1.65 bits per heavy atom. The molecule has 1 unspecified atom stereocenters. The average molecular weight is 312 g/mol. The van der Waals surface area contributed by atoms with E-state index in [0.717, 1.165) is 17.8 Å². The molecule has 1 saturated heterocycles. The van der Waals surface area contributed by atoms with Gasteiger partial charge in [0.25, 0.3) is 0 Å². The molecule has 1 fully saturated rings. The van der Waals surface area contributed by atoms with Crippen molar-refractivity contribution in [3.8, 4) is 0 Å². The fraction of sp³-hybridized carbons (Fsp3) is 0.385. The number of carbonyl (C=O) groups is 1. The van der Waals surface area contributed by atoms with Crippen LogP contribution in [-0.2, 0) is 4.79 Å². The van der Waals surface area contributed by atoms with Gasteiger partial charge in [-0.2, -0.15) is 0 Å². The Hall–Kier alpha value is -1.37. The molecule has 1 N–H and O–H groups in total. The van der Waals surface area contributed by atoms with Gasteiger partial charge in [0, 0.05) is 24.2 Å². The lowest BCUT2D eigenvalue weighted by Gasteiger charge is -2.21. The highest BCUT2D eigenvalue weighted by Gasteiger charge is 2.26. The Balaban J connectivity index is 1.81. The number of aromatic nitrogens is 2. The molecule has 106 valence electrons. The van der Waals surface area contributed by atoms with E-state index >= 15 is 0 Å². The van der Waals surface area contributed by atoms with Crippen molar-refractivity contribution in [1.82, 2.24) is 14.3 Å². The molecule has 1 amide bonds. The molecule has 1 aliphatic heterocycles. The molecule has 20 heavy (non-hydrogen) atoms. The van der Waals surface area contributed by atoms with Gasteiger partial charge in [-0.05, 0) is 18.9 Å². The summed E-state index contributed by atoms with van der Waals surface area (Å²) in [6.45, 7) is 0.712. The zero-order valence-corrected chi connectivity index (χ0v) is 12.3. The number of nitrogens with zero attached hydrogens (tertiary/aromatic N) is 3. The van der Waals surface area contributed by atoms with E-state index < -0.39 is 0 Å². The van der Waals surface area contributed by atoms with Crippen LogP contribution in [0.5, 0.6) is 0 Å². The van der Waals surface area contributed by atoms with Crippen molar-refractivity contribution in [3.05, 3.63) is 28.5 Å². The van der Waals surface area contributed by atoms with E-state index in [1.165, 1.54) is 17.4 Å². The lowest BCUT2D eigenvalue weighted by molar-refractivity contribution is -0.127. The number of hydrogen-bond acceptors (Lipinski definition) is 4. The first-order chi connectivity index (χ1) is 9.70. The van der Waals surface area contributed by atoms with E-state index in [1.54, 1.807) is 11.0 Å². The summed E-state index contributed by atoms with van der Waals surface area (Å²) in [5.74, 6) is -0.0946. The minimum absolute atomic E-state index is 0.0157. The summed E-state index contributed by atoms with van der Waals surface area (Å²) < 4.78 is 1.85. The Morgan fingerprint density at radius 2 is 2.50 bits per heavy atom. The van der Waals surface area contributed by atoms with Crippen LogP contribution in [-0.4, -0.2) is 44.5 Å². The molecule has 0 bridgehead atoms. The molecule has 3 rings (SSSR count). The maximum absolute atomic E-state index is 12.2. The molecule has 3 heterocycles. The van der Waals surface area contributed by atoms with Crippen LogP contribution in [0.2, 0.25) is 5.15 Å². The molecular formula is C13H14ClN3O2S. The predicted molar refractivity (Wildman–Crippen MR) is 78.9 cm³/mol. The van der Waals surface area contributed by atoms with E-state index in [1.807, 2.05) is 16.0 Å². The van der Waals surface area contributed by atoms with Crippen molar-refractivity contribution >= 4 is 39.9 Å². The first kappa shape index (κ1) is 13.6. The van der Waals surface area contributed by atoms with Gasteiger partial charge >= 0.3 is 0 Å². The highest BCUT2D eigenvalue weighted by molar-refractivity contribution is 7.15. The number of halogens is 1. The number of thiazole rings is 1. The second-order valence-electron chi connectivity index (χ2n) is 4.69. The number of amides is 1. The van der Waals surface area contributed by atoms with Crippen molar-refractivity contribution in [2.24, 2.45) is 0 Å². The van der Waals surface area contributed by atoms with Crippen LogP contribution in [0.4, 0.5) is 0 Å². The summed E-state index contributed by atoms with van der Waals surface area (Å²) in [5.41, 5.74) is 0.705. The number of aliphatic hydroxyl groups excluding tert-OH is 1. The molecular weight excluding hydrogens is 298 g/mol. The number of aliphatic hydroxyl groups is 1. The second-order valence-corrected chi connectivity index (χ2v) is 5.92. The molecule has 0 aromatic carbocycles. The number of carbonyl (C=O) groups excluding carboxylic acids is 1. The zero-order valence-electron chi connectivity index (χ0n) is 10.7. The van der Waals surface area contributed by atoms with Gasteiger partial charge in [-0.25, -0.2) is 4.98 Å². The molecule has 1 aliphatic rings. The molecule has 7 heteroatoms. The van der Waals surface area contributed by atoms with Gasteiger partial charge in [-0.15, -0.1) is 11.3 Å². The van der Waals surface area contributed by atoms with Crippen LogP contribution >= 0.6 is 22.9 Å². The molecule has 0 aliphatic carbocycles. The van der Waals surface area contributed by atoms with E-state index in [4.69, 9.17) is 11.6 Å². The maximum Gasteiger partial charge on any atom is 0.246 e. The number of fused-ring (bicyclic) bond motifs is 1. The Labute approximate surface area is 125 Å². The van der Waals surface area contributed by atoms with Gasteiger partial charge in [-0.1, -0.05) is 11.6 Å². The summed E-state index contributed by atoms with van der Waals surface area (Å²) in [6.07, 6.45) is 6.85. The molecule has 5 nitrogen and oxygen atoms in total. The highest BCUT2D eigenvalue weighted by Crippen LogP contribution is 2.23. The van der Waals surface area contributed by atoms with Gasteiger partial charge in [0.1, 0.15) is 0 Å². The molecule has 0 radical (unpaired) electrons. The molecule has 0 spiro atoms. The second kappa shape index (κ2) is 5.55. The normalized spacial score (nSPS) is 19.5. The smallest absolute Gasteiger partial charge is 0.246 e. The molecule has 0 saturated carbocycles. The average Bonchev–Trinajstić information content (AvgIpc) is 3.11. The van der Waals surface area contributed by atoms with Crippen LogP contribution in [0.15, 0.2) is 17.7 Å². The highest BCUT2D eigenvalue weighted by atomic mass is 35.5. The van der Waals surface area contributed by atoms with Crippen LogP contribution in [0.1, 0.15) is 18.5 Å². The van der Waals surface area contributed by atoms with Crippen LogP contribution < -0.4 is 0 Å². The summed E-state index contributed by atoms with van der Waals surface area (Å²) in [6, 6.07) is -0.0609. The van der Waals surface area contributed by atoms with Gasteiger partial charge in [0.15, 0.2) is 10.1 Å². The lowest BCUT2D eigenvalue weighted by Crippen LogP contribution is -2.36. The molecule has 1 atom stereocenters. The fourth-order valence-corrected chi connectivity index (χ4v) is 3.49. The Morgan fingerprint density at radius 3 is 3.30 bits per heavy atom. The standard InChI is InChI=1S/C13H14ClN3O2S/c14-12-10(17-6-7-20-13(17)15-12)3-4-11(19)16-5-1-2-9(16)8-18/h3-4,6-7,9,18H,1-2,5,8H2. The van der Waals surface area contributed by atoms with E-state index in [-0.39, 0.29) is 18.6 Å². The third-order valence-electron chi connectivity index (χ3n) is 3.51. The van der Waals surface area contributed by atoms with Crippen molar-refractivity contribution < 1.29 is 9.90 Å². The molecule has 2 aromatic heterocycles. The van der Waals surface area contributed by atoms with Gasteiger partial charge < -0.3 is 10.0 Å². The van der Waals surface area contributed by atoms with Crippen molar-refractivity contribution in [3.63, 3.8) is 0 Å². The number of rotatable bonds is 3. The van der Waals surface area contributed by atoms with E-state index in [0.29, 0.717) is 17.4 Å². The summed E-state index contributed by atoms with van der Waals surface area (Å²) in [5, 5.41) is 11.5. The number of imidazole rings is 1. The van der Waals surface area contributed by atoms with Gasteiger partial charge in [-0.3, -0.25) is 9.20 Å². The number of hydrogen-bond donors (Lipinski definition) is 1. The third kappa shape index (κ3) is 2.34. The summed E-state index contributed by atoms with van der Waals surface area (Å²) in [4.78, 5) is 18.9. The lowest BCUT2D eigenvalue weighted by atomic mass is 10.2. The SMILES string of the molecule is O=C(C=Cc1c(Cl)nc2sccn12)N1CCCC1CO. The van der Waals surface area contributed by atoms with Gasteiger partial charge in [0.05, 0.1) is 18.3 Å².